The lowest BCUT2D eigenvalue weighted by Gasteiger charge is -2.19. The molecule has 0 bridgehead atoms. The van der Waals surface area contributed by atoms with E-state index in [4.69, 9.17) is 9.47 Å². The Bertz CT molecular complexity index is 382. The highest BCUT2D eigenvalue weighted by Crippen LogP contribution is 2.31. The van der Waals surface area contributed by atoms with Gasteiger partial charge >= 0.3 is 0 Å². The monoisotopic (exact) mass is 218 g/mol. The van der Waals surface area contributed by atoms with Crippen LogP contribution in [-0.4, -0.2) is 13.2 Å². The zero-order valence-corrected chi connectivity index (χ0v) is 9.90. The standard InChI is InChI=1S/C14H18O2/c1-3-4-11(2)9-12-5-6-13-14(10-12)16-8-7-15-13/h3-6,10-11H,7-9H2,1-2H3/b4-3-. The van der Waals surface area contributed by atoms with Crippen LogP contribution in [0.5, 0.6) is 11.5 Å². The number of rotatable bonds is 3. The summed E-state index contributed by atoms with van der Waals surface area (Å²) in [5, 5.41) is 0. The first-order chi connectivity index (χ1) is 7.79. The molecule has 0 radical (unpaired) electrons. The Morgan fingerprint density at radius 3 is 2.75 bits per heavy atom. The van der Waals surface area contributed by atoms with Crippen molar-refractivity contribution in [3.05, 3.63) is 35.9 Å². The maximum Gasteiger partial charge on any atom is 0.161 e. The van der Waals surface area contributed by atoms with Crippen molar-refractivity contribution in [1.82, 2.24) is 0 Å². The summed E-state index contributed by atoms with van der Waals surface area (Å²) in [5.41, 5.74) is 1.30. The van der Waals surface area contributed by atoms with Crippen molar-refractivity contribution in [2.24, 2.45) is 5.92 Å². The quantitative estimate of drug-likeness (QED) is 0.725. The first-order valence-corrected chi connectivity index (χ1v) is 5.81. The molecule has 1 aliphatic rings. The average molecular weight is 218 g/mol. The predicted molar refractivity (Wildman–Crippen MR) is 65.1 cm³/mol. The van der Waals surface area contributed by atoms with Gasteiger partial charge in [-0.2, -0.15) is 0 Å². The molecule has 1 heterocycles. The van der Waals surface area contributed by atoms with E-state index < -0.39 is 0 Å². The Hall–Kier alpha value is -1.44. The van der Waals surface area contributed by atoms with Crippen molar-refractivity contribution >= 4 is 0 Å². The minimum atomic E-state index is 0.563. The summed E-state index contributed by atoms with van der Waals surface area (Å²) < 4.78 is 11.1. The van der Waals surface area contributed by atoms with Gasteiger partial charge in [0.15, 0.2) is 11.5 Å². The summed E-state index contributed by atoms with van der Waals surface area (Å²) in [6.07, 6.45) is 5.36. The topological polar surface area (TPSA) is 18.5 Å². The van der Waals surface area contributed by atoms with Crippen molar-refractivity contribution in [2.75, 3.05) is 13.2 Å². The molecule has 1 aromatic rings. The lowest BCUT2D eigenvalue weighted by molar-refractivity contribution is 0.171. The van der Waals surface area contributed by atoms with E-state index in [-0.39, 0.29) is 0 Å². The minimum absolute atomic E-state index is 0.563. The van der Waals surface area contributed by atoms with E-state index in [1.165, 1.54) is 5.56 Å². The van der Waals surface area contributed by atoms with Gasteiger partial charge in [0.2, 0.25) is 0 Å². The Kier molecular flexibility index (Phi) is 3.50. The van der Waals surface area contributed by atoms with E-state index in [0.717, 1.165) is 17.9 Å². The van der Waals surface area contributed by atoms with Gasteiger partial charge in [0.25, 0.3) is 0 Å². The lowest BCUT2D eigenvalue weighted by atomic mass is 10.0. The van der Waals surface area contributed by atoms with Gasteiger partial charge in [-0.15, -0.1) is 0 Å². The van der Waals surface area contributed by atoms with Crippen molar-refractivity contribution in [3.63, 3.8) is 0 Å². The summed E-state index contributed by atoms with van der Waals surface area (Å²) in [6, 6.07) is 6.22. The maximum atomic E-state index is 5.56. The third-order valence-electron chi connectivity index (χ3n) is 2.69. The SMILES string of the molecule is C/C=C\C(C)Cc1ccc2c(c1)OCCO2. The van der Waals surface area contributed by atoms with E-state index in [2.05, 4.69) is 38.1 Å². The first kappa shape index (κ1) is 11.1. The van der Waals surface area contributed by atoms with Gasteiger partial charge in [0, 0.05) is 0 Å². The Balaban J connectivity index is 2.11. The molecule has 1 unspecified atom stereocenters. The normalized spacial score (nSPS) is 16.4. The van der Waals surface area contributed by atoms with E-state index in [1.807, 2.05) is 6.07 Å². The lowest BCUT2D eigenvalue weighted by Crippen LogP contribution is -2.15. The molecule has 1 aromatic carbocycles. The number of ether oxygens (including phenoxy) is 2. The minimum Gasteiger partial charge on any atom is -0.486 e. The Morgan fingerprint density at radius 2 is 2.00 bits per heavy atom. The second-order valence-corrected chi connectivity index (χ2v) is 4.19. The third-order valence-corrected chi connectivity index (χ3v) is 2.69. The molecule has 0 saturated heterocycles. The molecule has 0 N–H and O–H groups in total. The van der Waals surface area contributed by atoms with Crippen LogP contribution in [0.25, 0.3) is 0 Å². The molecule has 2 nitrogen and oxygen atoms in total. The van der Waals surface area contributed by atoms with Crippen LogP contribution < -0.4 is 9.47 Å². The fourth-order valence-corrected chi connectivity index (χ4v) is 1.98. The molecule has 0 amide bonds. The predicted octanol–water partition coefficient (Wildman–Crippen LogP) is 3.21. The second kappa shape index (κ2) is 5.06. The molecule has 0 fully saturated rings. The van der Waals surface area contributed by atoms with Crippen LogP contribution in [0.4, 0.5) is 0 Å². The number of fused-ring (bicyclic) bond motifs is 1. The molecule has 0 aromatic heterocycles. The molecule has 0 aliphatic carbocycles. The molecule has 16 heavy (non-hydrogen) atoms. The molecule has 2 heteroatoms. The number of allylic oxidation sites excluding steroid dienone is 2. The number of hydrogen-bond acceptors (Lipinski definition) is 2. The van der Waals surface area contributed by atoms with Crippen LogP contribution in [-0.2, 0) is 6.42 Å². The van der Waals surface area contributed by atoms with Crippen molar-refractivity contribution in [2.45, 2.75) is 20.3 Å². The highest BCUT2D eigenvalue weighted by Gasteiger charge is 2.12. The third kappa shape index (κ3) is 2.57. The van der Waals surface area contributed by atoms with Crippen LogP contribution in [0.1, 0.15) is 19.4 Å². The molecule has 2 rings (SSSR count). The van der Waals surface area contributed by atoms with Crippen LogP contribution in [0.3, 0.4) is 0 Å². The summed E-state index contributed by atoms with van der Waals surface area (Å²) in [4.78, 5) is 0. The summed E-state index contributed by atoms with van der Waals surface area (Å²) in [6.45, 7) is 5.58. The molecule has 1 aliphatic heterocycles. The summed E-state index contributed by atoms with van der Waals surface area (Å²) in [5.74, 6) is 2.32. The maximum absolute atomic E-state index is 5.56. The highest BCUT2D eigenvalue weighted by atomic mass is 16.6. The summed E-state index contributed by atoms with van der Waals surface area (Å²) in [7, 11) is 0. The molecular weight excluding hydrogens is 200 g/mol. The largest absolute Gasteiger partial charge is 0.486 e. The number of benzene rings is 1. The van der Waals surface area contributed by atoms with E-state index in [1.54, 1.807) is 0 Å². The zero-order valence-electron chi connectivity index (χ0n) is 9.90. The second-order valence-electron chi connectivity index (χ2n) is 4.19. The molecule has 0 saturated carbocycles. The molecular formula is C14H18O2. The summed E-state index contributed by atoms with van der Waals surface area (Å²) >= 11 is 0. The van der Waals surface area contributed by atoms with Gasteiger partial charge in [0.05, 0.1) is 0 Å². The fraction of sp³-hybridized carbons (Fsp3) is 0.429. The van der Waals surface area contributed by atoms with Gasteiger partial charge < -0.3 is 9.47 Å². The van der Waals surface area contributed by atoms with Gasteiger partial charge in [0.1, 0.15) is 13.2 Å². The van der Waals surface area contributed by atoms with E-state index in [9.17, 15) is 0 Å². The van der Waals surface area contributed by atoms with Gasteiger partial charge in [-0.25, -0.2) is 0 Å². The molecule has 0 spiro atoms. The zero-order chi connectivity index (χ0) is 11.4. The van der Waals surface area contributed by atoms with Gasteiger partial charge in [-0.1, -0.05) is 25.1 Å². The number of hydrogen-bond donors (Lipinski definition) is 0. The van der Waals surface area contributed by atoms with Crippen LogP contribution >= 0.6 is 0 Å². The Labute approximate surface area is 96.9 Å². The van der Waals surface area contributed by atoms with Gasteiger partial charge in [-0.05, 0) is 37.0 Å². The fourth-order valence-electron chi connectivity index (χ4n) is 1.98. The van der Waals surface area contributed by atoms with Gasteiger partial charge in [-0.3, -0.25) is 0 Å². The van der Waals surface area contributed by atoms with Crippen molar-refractivity contribution in [3.8, 4) is 11.5 Å². The van der Waals surface area contributed by atoms with Crippen LogP contribution in [0.15, 0.2) is 30.4 Å². The highest BCUT2D eigenvalue weighted by molar-refractivity contribution is 5.43. The van der Waals surface area contributed by atoms with E-state index >= 15 is 0 Å². The van der Waals surface area contributed by atoms with E-state index in [0.29, 0.717) is 19.1 Å². The van der Waals surface area contributed by atoms with Crippen LogP contribution in [0.2, 0.25) is 0 Å². The molecule has 86 valence electrons. The van der Waals surface area contributed by atoms with Crippen molar-refractivity contribution < 1.29 is 9.47 Å². The Morgan fingerprint density at radius 1 is 1.25 bits per heavy atom. The first-order valence-electron chi connectivity index (χ1n) is 5.81. The van der Waals surface area contributed by atoms with Crippen molar-refractivity contribution in [1.29, 1.82) is 0 Å². The smallest absolute Gasteiger partial charge is 0.161 e. The average Bonchev–Trinajstić information content (AvgIpc) is 2.29. The van der Waals surface area contributed by atoms with Crippen LogP contribution in [0, 0.1) is 5.92 Å². The molecule has 1 atom stereocenters.